The standard InChI is InChI=1S/C16H24N2O2/c19-16(20)8-10-18-13-11-17(12-14-18)9-4-7-15-5-2-1-3-6-15/h1-3,5-6H,4,7-14H2,(H,19,20). The summed E-state index contributed by atoms with van der Waals surface area (Å²) in [5.74, 6) is -0.699. The molecule has 1 aliphatic rings. The van der Waals surface area contributed by atoms with E-state index in [1.165, 1.54) is 12.0 Å². The van der Waals surface area contributed by atoms with Crippen molar-refractivity contribution in [2.24, 2.45) is 0 Å². The third kappa shape index (κ3) is 5.31. The fraction of sp³-hybridized carbons (Fsp3) is 0.562. The number of nitrogens with zero attached hydrogens (tertiary/aromatic N) is 2. The van der Waals surface area contributed by atoms with Gasteiger partial charge >= 0.3 is 5.97 Å². The molecule has 1 aliphatic heterocycles. The first-order valence-electron chi connectivity index (χ1n) is 7.44. The quantitative estimate of drug-likeness (QED) is 0.823. The van der Waals surface area contributed by atoms with Gasteiger partial charge in [0.25, 0.3) is 0 Å². The van der Waals surface area contributed by atoms with Gasteiger partial charge in [-0.05, 0) is 24.9 Å². The van der Waals surface area contributed by atoms with Crippen molar-refractivity contribution in [3.8, 4) is 0 Å². The second kappa shape index (κ2) is 8.02. The summed E-state index contributed by atoms with van der Waals surface area (Å²) >= 11 is 0. The molecule has 0 bridgehead atoms. The lowest BCUT2D eigenvalue weighted by molar-refractivity contribution is -0.137. The van der Waals surface area contributed by atoms with Crippen molar-refractivity contribution in [3.05, 3.63) is 35.9 Å². The average molecular weight is 276 g/mol. The lowest BCUT2D eigenvalue weighted by Crippen LogP contribution is -2.47. The molecule has 0 aromatic heterocycles. The van der Waals surface area contributed by atoms with Gasteiger partial charge in [-0.15, -0.1) is 0 Å². The largest absolute Gasteiger partial charge is 0.481 e. The van der Waals surface area contributed by atoms with Crippen LogP contribution in [0.5, 0.6) is 0 Å². The number of carboxylic acid groups (broad SMARTS) is 1. The molecule has 1 fully saturated rings. The summed E-state index contributed by atoms with van der Waals surface area (Å²) in [6.45, 7) is 5.95. The zero-order valence-electron chi connectivity index (χ0n) is 12.0. The molecule has 0 amide bonds. The Bertz CT molecular complexity index is 400. The van der Waals surface area contributed by atoms with E-state index in [0.29, 0.717) is 6.54 Å². The van der Waals surface area contributed by atoms with Gasteiger partial charge in [-0.1, -0.05) is 30.3 Å². The summed E-state index contributed by atoms with van der Waals surface area (Å²) in [4.78, 5) is 15.3. The van der Waals surface area contributed by atoms with Crippen molar-refractivity contribution in [1.82, 2.24) is 9.80 Å². The molecule has 0 radical (unpaired) electrons. The Morgan fingerprint density at radius 1 is 1.00 bits per heavy atom. The smallest absolute Gasteiger partial charge is 0.304 e. The van der Waals surface area contributed by atoms with E-state index in [1.54, 1.807) is 0 Å². The fourth-order valence-corrected chi connectivity index (χ4v) is 2.64. The number of benzene rings is 1. The van der Waals surface area contributed by atoms with Crippen LogP contribution in [-0.4, -0.2) is 60.1 Å². The SMILES string of the molecule is O=C(O)CCN1CCN(CCCc2ccccc2)CC1. The molecule has 20 heavy (non-hydrogen) atoms. The second-order valence-corrected chi connectivity index (χ2v) is 5.42. The van der Waals surface area contributed by atoms with E-state index in [0.717, 1.165) is 39.1 Å². The number of carbonyl (C=O) groups is 1. The molecular formula is C16H24N2O2. The maximum absolute atomic E-state index is 10.5. The molecule has 0 atom stereocenters. The number of piperazine rings is 1. The number of hydrogen-bond acceptors (Lipinski definition) is 3. The van der Waals surface area contributed by atoms with Gasteiger partial charge < -0.3 is 14.9 Å². The third-order valence-electron chi connectivity index (χ3n) is 3.89. The van der Waals surface area contributed by atoms with Gasteiger partial charge in [0.1, 0.15) is 0 Å². The molecular weight excluding hydrogens is 252 g/mol. The molecule has 0 spiro atoms. The van der Waals surface area contributed by atoms with Crippen LogP contribution < -0.4 is 0 Å². The van der Waals surface area contributed by atoms with Crippen molar-refractivity contribution in [2.45, 2.75) is 19.3 Å². The van der Waals surface area contributed by atoms with Crippen molar-refractivity contribution in [3.63, 3.8) is 0 Å². The minimum Gasteiger partial charge on any atom is -0.481 e. The van der Waals surface area contributed by atoms with E-state index in [-0.39, 0.29) is 6.42 Å². The number of carboxylic acids is 1. The van der Waals surface area contributed by atoms with Crippen LogP contribution in [0.25, 0.3) is 0 Å². The summed E-state index contributed by atoms with van der Waals surface area (Å²) in [6, 6.07) is 10.6. The minimum absolute atomic E-state index is 0.258. The zero-order valence-corrected chi connectivity index (χ0v) is 12.0. The van der Waals surface area contributed by atoms with Crippen molar-refractivity contribution in [2.75, 3.05) is 39.3 Å². The van der Waals surface area contributed by atoms with Crippen LogP contribution in [0.3, 0.4) is 0 Å². The van der Waals surface area contributed by atoms with Crippen LogP contribution in [0.4, 0.5) is 0 Å². The summed E-state index contributed by atoms with van der Waals surface area (Å²) in [5, 5.41) is 8.68. The monoisotopic (exact) mass is 276 g/mol. The third-order valence-corrected chi connectivity index (χ3v) is 3.89. The Balaban J connectivity index is 1.59. The summed E-state index contributed by atoms with van der Waals surface area (Å²) in [7, 11) is 0. The first kappa shape index (κ1) is 15.0. The summed E-state index contributed by atoms with van der Waals surface area (Å²) < 4.78 is 0. The van der Waals surface area contributed by atoms with Crippen LogP contribution in [0, 0.1) is 0 Å². The first-order chi connectivity index (χ1) is 9.74. The molecule has 0 aliphatic carbocycles. The Kier molecular flexibility index (Phi) is 6.02. The lowest BCUT2D eigenvalue weighted by atomic mass is 10.1. The second-order valence-electron chi connectivity index (χ2n) is 5.42. The van der Waals surface area contributed by atoms with Gasteiger partial charge in [-0.2, -0.15) is 0 Å². The molecule has 110 valence electrons. The van der Waals surface area contributed by atoms with Crippen LogP contribution in [-0.2, 0) is 11.2 Å². The highest BCUT2D eigenvalue weighted by molar-refractivity contribution is 5.66. The van der Waals surface area contributed by atoms with E-state index < -0.39 is 5.97 Å². The Hall–Kier alpha value is -1.39. The summed E-state index contributed by atoms with van der Waals surface area (Å²) in [5.41, 5.74) is 1.41. The first-order valence-corrected chi connectivity index (χ1v) is 7.44. The number of aliphatic carboxylic acids is 1. The molecule has 2 rings (SSSR count). The highest BCUT2D eigenvalue weighted by Crippen LogP contribution is 2.06. The predicted octanol–water partition coefficient (Wildman–Crippen LogP) is 1.71. The highest BCUT2D eigenvalue weighted by atomic mass is 16.4. The number of hydrogen-bond donors (Lipinski definition) is 1. The molecule has 1 aromatic carbocycles. The minimum atomic E-state index is -0.699. The Morgan fingerprint density at radius 3 is 2.20 bits per heavy atom. The molecule has 0 unspecified atom stereocenters. The Morgan fingerprint density at radius 2 is 1.60 bits per heavy atom. The van der Waals surface area contributed by atoms with E-state index in [2.05, 4.69) is 40.1 Å². The van der Waals surface area contributed by atoms with Crippen LogP contribution in [0.15, 0.2) is 30.3 Å². The average Bonchev–Trinajstić information content (AvgIpc) is 2.47. The van der Waals surface area contributed by atoms with Crippen LogP contribution in [0.2, 0.25) is 0 Å². The van der Waals surface area contributed by atoms with Crippen LogP contribution >= 0.6 is 0 Å². The topological polar surface area (TPSA) is 43.8 Å². The van der Waals surface area contributed by atoms with Gasteiger partial charge in [-0.3, -0.25) is 4.79 Å². The fourth-order valence-electron chi connectivity index (χ4n) is 2.64. The van der Waals surface area contributed by atoms with Gasteiger partial charge in [0.2, 0.25) is 0 Å². The van der Waals surface area contributed by atoms with E-state index in [9.17, 15) is 4.79 Å². The molecule has 1 aromatic rings. The van der Waals surface area contributed by atoms with Crippen molar-refractivity contribution >= 4 is 5.97 Å². The van der Waals surface area contributed by atoms with Gasteiger partial charge in [0, 0.05) is 32.7 Å². The predicted molar refractivity (Wildman–Crippen MR) is 79.9 cm³/mol. The van der Waals surface area contributed by atoms with E-state index in [1.807, 2.05) is 0 Å². The lowest BCUT2D eigenvalue weighted by Gasteiger charge is -2.34. The maximum Gasteiger partial charge on any atom is 0.304 e. The van der Waals surface area contributed by atoms with Crippen molar-refractivity contribution < 1.29 is 9.90 Å². The Labute approximate surface area is 121 Å². The molecule has 1 heterocycles. The molecule has 1 N–H and O–H groups in total. The maximum atomic E-state index is 10.5. The number of rotatable bonds is 7. The number of aryl methyl sites for hydroxylation is 1. The van der Waals surface area contributed by atoms with Gasteiger partial charge in [-0.25, -0.2) is 0 Å². The van der Waals surface area contributed by atoms with E-state index >= 15 is 0 Å². The molecule has 4 heteroatoms. The van der Waals surface area contributed by atoms with Crippen LogP contribution in [0.1, 0.15) is 18.4 Å². The zero-order chi connectivity index (χ0) is 14.2. The highest BCUT2D eigenvalue weighted by Gasteiger charge is 2.16. The molecule has 1 saturated heterocycles. The normalized spacial score (nSPS) is 17.2. The summed E-state index contributed by atoms with van der Waals surface area (Å²) in [6.07, 6.45) is 2.59. The molecule has 4 nitrogen and oxygen atoms in total. The van der Waals surface area contributed by atoms with Gasteiger partial charge in [0.15, 0.2) is 0 Å². The van der Waals surface area contributed by atoms with Crippen molar-refractivity contribution in [1.29, 1.82) is 0 Å². The van der Waals surface area contributed by atoms with E-state index in [4.69, 9.17) is 5.11 Å². The molecule has 0 saturated carbocycles. The van der Waals surface area contributed by atoms with Gasteiger partial charge in [0.05, 0.1) is 6.42 Å².